The average Bonchev–Trinajstić information content (AvgIpc) is 3.59. The van der Waals surface area contributed by atoms with Crippen LogP contribution in [-0.4, -0.2) is 15.0 Å². The van der Waals surface area contributed by atoms with Crippen molar-refractivity contribution in [2.24, 2.45) is 0 Å². The number of rotatable bonds is 4. The van der Waals surface area contributed by atoms with Crippen LogP contribution in [0.3, 0.4) is 0 Å². The van der Waals surface area contributed by atoms with Crippen molar-refractivity contribution >= 4 is 21.5 Å². The number of para-hydroxylation sites is 1. The molecule has 1 spiro atoms. The van der Waals surface area contributed by atoms with Gasteiger partial charge in [0.2, 0.25) is 0 Å². The lowest BCUT2D eigenvalue weighted by Crippen LogP contribution is -2.32. The summed E-state index contributed by atoms with van der Waals surface area (Å²) >= 11 is 0. The monoisotopic (exact) mass is 739 g/mol. The van der Waals surface area contributed by atoms with Gasteiger partial charge in [0.25, 0.3) is 0 Å². The quantitative estimate of drug-likeness (QED) is 0.169. The first kappa shape index (κ1) is 32.5. The van der Waals surface area contributed by atoms with Crippen LogP contribution in [0.5, 0.6) is 11.5 Å². The van der Waals surface area contributed by atoms with E-state index < -0.39 is 5.41 Å². The van der Waals surface area contributed by atoms with Crippen LogP contribution in [-0.2, 0) is 5.41 Å². The van der Waals surface area contributed by atoms with Gasteiger partial charge in [0.15, 0.2) is 17.5 Å². The van der Waals surface area contributed by atoms with Crippen molar-refractivity contribution in [3.05, 3.63) is 222 Å². The summed E-state index contributed by atoms with van der Waals surface area (Å²) in [5.41, 5.74) is 11.8. The Hall–Kier alpha value is -7.69. The highest BCUT2D eigenvalue weighted by Gasteiger charge is 2.50. The highest BCUT2D eigenvalue weighted by atomic mass is 16.5. The minimum Gasteiger partial charge on any atom is -0.457 e. The van der Waals surface area contributed by atoms with E-state index in [0.717, 1.165) is 55.8 Å². The van der Waals surface area contributed by atoms with Gasteiger partial charge >= 0.3 is 0 Å². The highest BCUT2D eigenvalue weighted by molar-refractivity contribution is 6.08. The maximum Gasteiger partial charge on any atom is 0.164 e. The second-order valence-electron chi connectivity index (χ2n) is 15.1. The molecule has 58 heavy (non-hydrogen) atoms. The topological polar surface area (TPSA) is 47.9 Å². The lowest BCUT2D eigenvalue weighted by atomic mass is 9.66. The summed E-state index contributed by atoms with van der Waals surface area (Å²) < 4.78 is 6.82. The predicted molar refractivity (Wildman–Crippen MR) is 234 cm³/mol. The predicted octanol–water partition coefficient (Wildman–Crippen LogP) is 13.3. The van der Waals surface area contributed by atoms with E-state index in [1.165, 1.54) is 38.4 Å². The second-order valence-corrected chi connectivity index (χ2v) is 15.1. The van der Waals surface area contributed by atoms with Gasteiger partial charge in [-0.15, -0.1) is 0 Å². The van der Waals surface area contributed by atoms with Crippen molar-refractivity contribution in [2.75, 3.05) is 0 Å². The third kappa shape index (κ3) is 4.85. The SMILES string of the molecule is c1ccc(-c2nc(-c3cccc(-c4ccc5c(c4)Oc4ccccc4C54c5ccccc5-c5ccccc54)c3)nc(-c3ccc4c(ccc5ccccc54)c3)n2)cc1. The molecule has 4 nitrogen and oxygen atoms in total. The summed E-state index contributed by atoms with van der Waals surface area (Å²) in [6, 6.07) is 70.8. The highest BCUT2D eigenvalue weighted by Crippen LogP contribution is 2.62. The van der Waals surface area contributed by atoms with E-state index in [-0.39, 0.29) is 0 Å². The van der Waals surface area contributed by atoms with Gasteiger partial charge in [0, 0.05) is 27.8 Å². The molecule has 9 aromatic carbocycles. The minimum absolute atomic E-state index is 0.497. The van der Waals surface area contributed by atoms with Crippen LogP contribution in [0.4, 0.5) is 0 Å². The second kappa shape index (κ2) is 12.7. The van der Waals surface area contributed by atoms with Crippen LogP contribution < -0.4 is 4.74 Å². The van der Waals surface area contributed by atoms with Crippen LogP contribution >= 0.6 is 0 Å². The molecule has 0 saturated carbocycles. The Balaban J connectivity index is 0.990. The molecule has 10 aromatic rings. The number of aromatic nitrogens is 3. The Morgan fingerprint density at radius 2 is 0.845 bits per heavy atom. The van der Waals surface area contributed by atoms with Gasteiger partial charge in [-0.05, 0) is 79.2 Å². The summed E-state index contributed by atoms with van der Waals surface area (Å²) in [4.78, 5) is 15.3. The zero-order valence-electron chi connectivity index (χ0n) is 31.3. The molecule has 0 fully saturated rings. The molecule has 4 heteroatoms. The molecular weight excluding hydrogens is 707 g/mol. The van der Waals surface area contributed by atoms with Crippen LogP contribution in [0.15, 0.2) is 200 Å². The molecule has 0 N–H and O–H groups in total. The van der Waals surface area contributed by atoms with Crippen LogP contribution in [0.1, 0.15) is 22.3 Å². The van der Waals surface area contributed by atoms with Gasteiger partial charge in [-0.3, -0.25) is 0 Å². The molecular formula is C54H33N3O. The fraction of sp³-hybridized carbons (Fsp3) is 0.0185. The van der Waals surface area contributed by atoms with Gasteiger partial charge in [-0.25, -0.2) is 15.0 Å². The molecule has 0 unspecified atom stereocenters. The Kier molecular flexibility index (Phi) is 7.11. The molecule has 12 rings (SSSR count). The smallest absolute Gasteiger partial charge is 0.164 e. The van der Waals surface area contributed by atoms with E-state index in [4.69, 9.17) is 19.7 Å². The summed E-state index contributed by atoms with van der Waals surface area (Å²) in [7, 11) is 0. The number of fused-ring (bicyclic) bond motifs is 12. The first-order chi connectivity index (χ1) is 28.7. The van der Waals surface area contributed by atoms with Crippen molar-refractivity contribution in [3.63, 3.8) is 0 Å². The zero-order valence-corrected chi connectivity index (χ0v) is 31.3. The standard InChI is InChI=1S/C54H33N3O/c1-2-14-35(15-3-1)51-55-52(57-53(56-51)40-27-29-42-38(32-40)26-25-34-13-4-5-18-41(34)42)39-17-12-16-36(31-39)37-28-30-48-50(33-37)58-49-24-11-10-23-47(49)54(48)45-21-8-6-19-43(45)44-20-7-9-22-46(44)54/h1-33H. The number of nitrogens with zero attached hydrogens (tertiary/aromatic N) is 3. The number of ether oxygens (including phenoxy) is 1. The fourth-order valence-corrected chi connectivity index (χ4v) is 9.38. The number of hydrogen-bond acceptors (Lipinski definition) is 4. The molecule has 2 aliphatic rings. The molecule has 1 aliphatic heterocycles. The molecule has 0 bridgehead atoms. The minimum atomic E-state index is -0.497. The van der Waals surface area contributed by atoms with Crippen LogP contribution in [0.2, 0.25) is 0 Å². The summed E-state index contributed by atoms with van der Waals surface area (Å²) in [6.45, 7) is 0. The Bertz CT molecular complexity index is 3230. The lowest BCUT2D eigenvalue weighted by Gasteiger charge is -2.39. The van der Waals surface area contributed by atoms with Crippen LogP contribution in [0.25, 0.3) is 78.0 Å². The molecule has 0 saturated heterocycles. The Morgan fingerprint density at radius 1 is 0.310 bits per heavy atom. The van der Waals surface area contributed by atoms with Gasteiger partial charge in [0.05, 0.1) is 5.41 Å². The number of benzene rings is 9. The van der Waals surface area contributed by atoms with Gasteiger partial charge < -0.3 is 4.74 Å². The van der Waals surface area contributed by atoms with Crippen molar-refractivity contribution in [1.82, 2.24) is 15.0 Å². The van der Waals surface area contributed by atoms with E-state index in [1.807, 2.05) is 30.3 Å². The van der Waals surface area contributed by atoms with E-state index in [0.29, 0.717) is 17.5 Å². The Morgan fingerprint density at radius 3 is 1.64 bits per heavy atom. The maximum atomic E-state index is 6.82. The third-order valence-electron chi connectivity index (χ3n) is 12.0. The summed E-state index contributed by atoms with van der Waals surface area (Å²) in [5.74, 6) is 3.61. The molecule has 2 heterocycles. The normalized spacial score (nSPS) is 13.1. The first-order valence-corrected chi connectivity index (χ1v) is 19.7. The summed E-state index contributed by atoms with van der Waals surface area (Å²) in [5, 5.41) is 4.80. The van der Waals surface area contributed by atoms with Crippen molar-refractivity contribution in [3.8, 4) is 67.9 Å². The average molecular weight is 740 g/mol. The van der Waals surface area contributed by atoms with Crippen molar-refractivity contribution < 1.29 is 4.74 Å². The molecule has 0 atom stereocenters. The fourth-order valence-electron chi connectivity index (χ4n) is 9.38. The molecule has 270 valence electrons. The molecule has 0 radical (unpaired) electrons. The summed E-state index contributed by atoms with van der Waals surface area (Å²) in [6.07, 6.45) is 0. The Labute approximate surface area is 335 Å². The maximum absolute atomic E-state index is 6.82. The molecule has 0 amide bonds. The van der Waals surface area contributed by atoms with E-state index in [2.05, 4.69) is 170 Å². The van der Waals surface area contributed by atoms with Crippen molar-refractivity contribution in [1.29, 1.82) is 0 Å². The van der Waals surface area contributed by atoms with Gasteiger partial charge in [-0.2, -0.15) is 0 Å². The van der Waals surface area contributed by atoms with Crippen molar-refractivity contribution in [2.45, 2.75) is 5.41 Å². The van der Waals surface area contributed by atoms with Crippen LogP contribution in [0, 0.1) is 0 Å². The lowest BCUT2D eigenvalue weighted by molar-refractivity contribution is 0.436. The molecule has 1 aliphatic carbocycles. The largest absolute Gasteiger partial charge is 0.457 e. The zero-order chi connectivity index (χ0) is 38.2. The van der Waals surface area contributed by atoms with E-state index in [1.54, 1.807) is 0 Å². The van der Waals surface area contributed by atoms with E-state index >= 15 is 0 Å². The van der Waals surface area contributed by atoms with Gasteiger partial charge in [-0.1, -0.05) is 176 Å². The van der Waals surface area contributed by atoms with Gasteiger partial charge in [0.1, 0.15) is 11.5 Å². The molecule has 1 aromatic heterocycles. The van der Waals surface area contributed by atoms with E-state index in [9.17, 15) is 0 Å². The number of hydrogen-bond donors (Lipinski definition) is 0. The third-order valence-corrected chi connectivity index (χ3v) is 12.0. The first-order valence-electron chi connectivity index (χ1n) is 19.7.